The number of rotatable bonds is 0. The molecule has 2 N–H and O–H groups in total. The predicted molar refractivity (Wildman–Crippen MR) is 45.6 cm³/mol. The van der Waals surface area contributed by atoms with Crippen molar-refractivity contribution in [2.24, 2.45) is 0 Å². The van der Waals surface area contributed by atoms with Crippen molar-refractivity contribution in [3.8, 4) is 0 Å². The molecular weight excluding hydrogens is 170 g/mol. The van der Waals surface area contributed by atoms with E-state index in [1.54, 1.807) is 6.92 Å². The van der Waals surface area contributed by atoms with Crippen LogP contribution in [0.1, 0.15) is 29.9 Å². The summed E-state index contributed by atoms with van der Waals surface area (Å²) >= 11 is 0. The lowest BCUT2D eigenvalue weighted by molar-refractivity contribution is 0.191. The van der Waals surface area contributed by atoms with Gasteiger partial charge in [-0.1, -0.05) is 0 Å². The quantitative estimate of drug-likeness (QED) is 0.623. The normalized spacial score (nSPS) is 20.3. The van der Waals surface area contributed by atoms with Gasteiger partial charge in [-0.3, -0.25) is 0 Å². The number of hydrogen-bond acceptors (Lipinski definition) is 3. The largest absolute Gasteiger partial charge is 0.463 e. The molecule has 2 heterocycles. The third-order valence-corrected chi connectivity index (χ3v) is 2.43. The Bertz CT molecular complexity index is 370. The Hall–Kier alpha value is -1.36. The Labute approximate surface area is 75.4 Å². The zero-order valence-corrected chi connectivity index (χ0v) is 7.53. The lowest BCUT2D eigenvalue weighted by Gasteiger charge is -2.04. The standard InChI is InChI=1S/C8H11N3O2/c1-4-7-5(2)11(8(12)13)10-6(7)3-9-4/h4,9H,3H2,1-2H3,(H,12,13). The van der Waals surface area contributed by atoms with E-state index < -0.39 is 6.09 Å². The first-order valence-electron chi connectivity index (χ1n) is 4.16. The fourth-order valence-corrected chi connectivity index (χ4v) is 1.80. The molecule has 0 aromatic carbocycles. The van der Waals surface area contributed by atoms with Crippen LogP contribution in [0.25, 0.3) is 0 Å². The topological polar surface area (TPSA) is 67.2 Å². The summed E-state index contributed by atoms with van der Waals surface area (Å²) < 4.78 is 1.04. The van der Waals surface area contributed by atoms with Gasteiger partial charge in [-0.2, -0.15) is 9.78 Å². The van der Waals surface area contributed by atoms with Gasteiger partial charge in [0.1, 0.15) is 0 Å². The van der Waals surface area contributed by atoms with Crippen molar-refractivity contribution in [1.82, 2.24) is 15.1 Å². The summed E-state index contributed by atoms with van der Waals surface area (Å²) in [5.41, 5.74) is 2.61. The summed E-state index contributed by atoms with van der Waals surface area (Å²) in [6.07, 6.45) is -1.01. The van der Waals surface area contributed by atoms with Gasteiger partial charge in [0.15, 0.2) is 0 Å². The van der Waals surface area contributed by atoms with Gasteiger partial charge >= 0.3 is 6.09 Å². The molecule has 0 bridgehead atoms. The molecule has 5 nitrogen and oxygen atoms in total. The van der Waals surface area contributed by atoms with E-state index >= 15 is 0 Å². The molecule has 0 saturated carbocycles. The second-order valence-electron chi connectivity index (χ2n) is 3.24. The highest BCUT2D eigenvalue weighted by atomic mass is 16.4. The zero-order chi connectivity index (χ0) is 9.59. The van der Waals surface area contributed by atoms with Gasteiger partial charge in [0.2, 0.25) is 0 Å². The summed E-state index contributed by atoms with van der Waals surface area (Å²) in [6, 6.07) is 0.211. The van der Waals surface area contributed by atoms with Crippen molar-refractivity contribution in [2.45, 2.75) is 26.4 Å². The van der Waals surface area contributed by atoms with Crippen LogP contribution in [0.3, 0.4) is 0 Å². The van der Waals surface area contributed by atoms with Crippen LogP contribution in [-0.4, -0.2) is 21.0 Å². The van der Waals surface area contributed by atoms with Crippen molar-refractivity contribution in [3.05, 3.63) is 17.0 Å². The van der Waals surface area contributed by atoms with Gasteiger partial charge in [0.05, 0.1) is 11.4 Å². The SMILES string of the molecule is Cc1c2c(nn1C(=O)O)CNC2C. The average molecular weight is 181 g/mol. The van der Waals surface area contributed by atoms with Crippen molar-refractivity contribution >= 4 is 6.09 Å². The Morgan fingerprint density at radius 2 is 2.46 bits per heavy atom. The zero-order valence-electron chi connectivity index (χ0n) is 7.53. The maximum atomic E-state index is 10.7. The van der Waals surface area contributed by atoms with Gasteiger partial charge in [-0.25, -0.2) is 4.79 Å². The molecule has 1 atom stereocenters. The van der Waals surface area contributed by atoms with E-state index in [0.717, 1.165) is 21.6 Å². The van der Waals surface area contributed by atoms with Gasteiger partial charge in [0.25, 0.3) is 0 Å². The molecule has 70 valence electrons. The molecular formula is C8H11N3O2. The second-order valence-corrected chi connectivity index (χ2v) is 3.24. The molecule has 0 fully saturated rings. The first kappa shape index (κ1) is 8.25. The Balaban J connectivity index is 2.56. The Kier molecular flexibility index (Phi) is 1.63. The number of hydrogen-bond donors (Lipinski definition) is 2. The van der Waals surface area contributed by atoms with Crippen LogP contribution >= 0.6 is 0 Å². The molecule has 1 aliphatic rings. The van der Waals surface area contributed by atoms with Gasteiger partial charge in [0, 0.05) is 18.2 Å². The summed E-state index contributed by atoms with van der Waals surface area (Å²) in [7, 11) is 0. The third-order valence-electron chi connectivity index (χ3n) is 2.43. The Morgan fingerprint density at radius 3 is 3.00 bits per heavy atom. The van der Waals surface area contributed by atoms with E-state index in [0.29, 0.717) is 6.54 Å². The molecule has 0 saturated heterocycles. The highest BCUT2D eigenvalue weighted by Gasteiger charge is 2.26. The molecule has 2 rings (SSSR count). The van der Waals surface area contributed by atoms with E-state index in [2.05, 4.69) is 10.4 Å². The lowest BCUT2D eigenvalue weighted by atomic mass is 10.1. The summed E-state index contributed by atoms with van der Waals surface area (Å²) in [6.45, 7) is 4.45. The van der Waals surface area contributed by atoms with Gasteiger partial charge in [-0.15, -0.1) is 0 Å². The van der Waals surface area contributed by atoms with Crippen LogP contribution in [0.15, 0.2) is 0 Å². The van der Waals surface area contributed by atoms with E-state index in [1.165, 1.54) is 0 Å². The number of carbonyl (C=O) groups is 1. The lowest BCUT2D eigenvalue weighted by Crippen LogP contribution is -2.16. The minimum atomic E-state index is -1.01. The highest BCUT2D eigenvalue weighted by Crippen LogP contribution is 2.26. The molecule has 0 aliphatic carbocycles. The summed E-state index contributed by atoms with van der Waals surface area (Å²) in [4.78, 5) is 10.7. The van der Waals surface area contributed by atoms with Crippen molar-refractivity contribution in [3.63, 3.8) is 0 Å². The number of aromatic nitrogens is 2. The molecule has 5 heteroatoms. The van der Waals surface area contributed by atoms with Gasteiger partial charge in [-0.05, 0) is 13.8 Å². The number of fused-ring (bicyclic) bond motifs is 1. The number of nitrogens with one attached hydrogen (secondary N) is 1. The number of nitrogens with zero attached hydrogens (tertiary/aromatic N) is 2. The first-order chi connectivity index (χ1) is 6.11. The van der Waals surface area contributed by atoms with E-state index in [9.17, 15) is 4.79 Å². The first-order valence-corrected chi connectivity index (χ1v) is 4.16. The van der Waals surface area contributed by atoms with Crippen LogP contribution in [0, 0.1) is 6.92 Å². The van der Waals surface area contributed by atoms with Crippen LogP contribution < -0.4 is 5.32 Å². The number of carboxylic acid groups (broad SMARTS) is 1. The summed E-state index contributed by atoms with van der Waals surface area (Å²) in [5.74, 6) is 0. The van der Waals surface area contributed by atoms with Crippen LogP contribution in [0.4, 0.5) is 4.79 Å². The molecule has 13 heavy (non-hydrogen) atoms. The molecule has 1 aromatic heterocycles. The molecule has 1 unspecified atom stereocenters. The monoisotopic (exact) mass is 181 g/mol. The van der Waals surface area contributed by atoms with E-state index in [4.69, 9.17) is 5.11 Å². The van der Waals surface area contributed by atoms with Crippen molar-refractivity contribution in [2.75, 3.05) is 0 Å². The van der Waals surface area contributed by atoms with Crippen molar-refractivity contribution < 1.29 is 9.90 Å². The molecule has 0 radical (unpaired) electrons. The minimum Gasteiger partial charge on any atom is -0.463 e. The molecule has 1 aliphatic heterocycles. The van der Waals surface area contributed by atoms with E-state index in [-0.39, 0.29) is 6.04 Å². The minimum absolute atomic E-state index is 0.211. The molecule has 1 aromatic rings. The molecule has 0 spiro atoms. The smallest absolute Gasteiger partial charge is 0.432 e. The highest BCUT2D eigenvalue weighted by molar-refractivity contribution is 5.68. The maximum absolute atomic E-state index is 10.7. The maximum Gasteiger partial charge on any atom is 0.432 e. The summed E-state index contributed by atoms with van der Waals surface area (Å²) in [5, 5.41) is 16.0. The Morgan fingerprint density at radius 1 is 1.77 bits per heavy atom. The van der Waals surface area contributed by atoms with Crippen LogP contribution in [-0.2, 0) is 6.54 Å². The van der Waals surface area contributed by atoms with Crippen molar-refractivity contribution in [1.29, 1.82) is 0 Å². The average Bonchev–Trinajstić information content (AvgIpc) is 2.55. The fraction of sp³-hybridized carbons (Fsp3) is 0.500. The third kappa shape index (κ3) is 1.04. The van der Waals surface area contributed by atoms with E-state index in [1.807, 2.05) is 6.92 Å². The molecule has 0 amide bonds. The van der Waals surface area contributed by atoms with Crippen LogP contribution in [0.2, 0.25) is 0 Å². The second kappa shape index (κ2) is 2.56. The van der Waals surface area contributed by atoms with Gasteiger partial charge < -0.3 is 10.4 Å². The predicted octanol–water partition coefficient (Wildman–Crippen LogP) is 0.882. The fourth-order valence-electron chi connectivity index (χ4n) is 1.80. The van der Waals surface area contributed by atoms with Crippen LogP contribution in [0.5, 0.6) is 0 Å².